The number of esters is 1. The largest absolute Gasteiger partial charge is 0.456 e. The molecule has 0 amide bonds. The smallest absolute Gasteiger partial charge is 0.340 e. The summed E-state index contributed by atoms with van der Waals surface area (Å²) in [5.74, 6) is 1.32. The van der Waals surface area contributed by atoms with E-state index in [1.807, 2.05) is 84.9 Å². The third-order valence-corrected chi connectivity index (χ3v) is 10.1. The van der Waals surface area contributed by atoms with Gasteiger partial charge in [0.25, 0.3) is 0 Å². The number of nitrogens with zero attached hydrogens (tertiary/aromatic N) is 2. The van der Waals surface area contributed by atoms with E-state index in [9.17, 15) is 4.79 Å². The second kappa shape index (κ2) is 12.6. The molecule has 1 unspecified atom stereocenters. The van der Waals surface area contributed by atoms with Gasteiger partial charge in [-0.05, 0) is 90.3 Å². The number of hydrogen-bond donors (Lipinski definition) is 0. The molecule has 5 heteroatoms. The van der Waals surface area contributed by atoms with E-state index < -0.39 is 5.60 Å². The summed E-state index contributed by atoms with van der Waals surface area (Å²) < 4.78 is 13.5. The van der Waals surface area contributed by atoms with E-state index in [0.717, 1.165) is 50.8 Å². The van der Waals surface area contributed by atoms with Gasteiger partial charge in [0.05, 0.1) is 5.56 Å². The quantitative estimate of drug-likeness (QED) is 0.157. The molecule has 0 saturated carbocycles. The number of fused-ring (bicyclic) bond motifs is 6. The molecular formula is C47H36N2O3. The van der Waals surface area contributed by atoms with Crippen molar-refractivity contribution in [3.05, 3.63) is 204 Å². The van der Waals surface area contributed by atoms with Crippen LogP contribution in [0.4, 0.5) is 34.1 Å². The molecule has 0 aliphatic carbocycles. The standard InChI is InChI=1S/C47H36N2O3/c1-32(2)33-22-24-37(25-23-33)49(36-18-10-5-11-19-36)39-27-29-43-45(31-39)51-44-30-38(48(34-14-6-3-7-15-34)35-16-8-4-9-17-35)26-28-42(44)47(43)41-21-13-12-20-40(41)46(50)52-47/h3-32H,1-2H3. The van der Waals surface area contributed by atoms with E-state index in [2.05, 4.69) is 115 Å². The summed E-state index contributed by atoms with van der Waals surface area (Å²) in [5, 5.41) is 0. The number of anilines is 6. The lowest BCUT2D eigenvalue weighted by atomic mass is 9.77. The minimum Gasteiger partial charge on any atom is -0.456 e. The van der Waals surface area contributed by atoms with E-state index in [4.69, 9.17) is 9.47 Å². The van der Waals surface area contributed by atoms with Crippen molar-refractivity contribution in [2.45, 2.75) is 25.4 Å². The van der Waals surface area contributed by atoms with Gasteiger partial charge in [-0.25, -0.2) is 4.79 Å². The molecule has 52 heavy (non-hydrogen) atoms. The number of benzene rings is 7. The van der Waals surface area contributed by atoms with Crippen LogP contribution in [0.1, 0.15) is 52.4 Å². The molecule has 2 aliphatic heterocycles. The Kier molecular flexibility index (Phi) is 7.62. The van der Waals surface area contributed by atoms with E-state index in [-0.39, 0.29) is 5.97 Å². The highest BCUT2D eigenvalue weighted by atomic mass is 16.6. The molecule has 7 aromatic carbocycles. The van der Waals surface area contributed by atoms with Gasteiger partial charge >= 0.3 is 5.97 Å². The highest BCUT2D eigenvalue weighted by molar-refractivity contribution is 5.97. The second-order valence-corrected chi connectivity index (χ2v) is 13.5. The van der Waals surface area contributed by atoms with Crippen molar-refractivity contribution in [2.75, 3.05) is 9.80 Å². The highest BCUT2D eigenvalue weighted by Crippen LogP contribution is 2.58. The molecule has 7 aromatic rings. The molecule has 5 nitrogen and oxygen atoms in total. The monoisotopic (exact) mass is 676 g/mol. The topological polar surface area (TPSA) is 42.0 Å². The lowest BCUT2D eigenvalue weighted by Gasteiger charge is -2.38. The molecule has 9 rings (SSSR count). The fraction of sp³-hybridized carbons (Fsp3) is 0.0851. The van der Waals surface area contributed by atoms with Gasteiger partial charge in [-0.15, -0.1) is 0 Å². The van der Waals surface area contributed by atoms with Crippen LogP contribution in [0, 0.1) is 0 Å². The molecule has 0 N–H and O–H groups in total. The third kappa shape index (κ3) is 5.13. The Morgan fingerprint density at radius 3 is 1.37 bits per heavy atom. The molecule has 1 spiro atoms. The highest BCUT2D eigenvalue weighted by Gasteiger charge is 2.53. The fourth-order valence-electron chi connectivity index (χ4n) is 7.57. The van der Waals surface area contributed by atoms with E-state index >= 15 is 0 Å². The van der Waals surface area contributed by atoms with Crippen molar-refractivity contribution in [1.29, 1.82) is 0 Å². The van der Waals surface area contributed by atoms with Crippen molar-refractivity contribution >= 4 is 40.1 Å². The van der Waals surface area contributed by atoms with Crippen LogP contribution >= 0.6 is 0 Å². The van der Waals surface area contributed by atoms with Crippen molar-refractivity contribution in [3.63, 3.8) is 0 Å². The lowest BCUT2D eigenvalue weighted by molar-refractivity contribution is 0.0224. The van der Waals surface area contributed by atoms with Crippen molar-refractivity contribution in [1.82, 2.24) is 0 Å². The number of carbonyl (C=O) groups excluding carboxylic acids is 1. The molecule has 0 radical (unpaired) electrons. The first-order chi connectivity index (χ1) is 25.5. The normalized spacial score (nSPS) is 15.3. The molecule has 1 atom stereocenters. The van der Waals surface area contributed by atoms with Crippen LogP contribution in [0.2, 0.25) is 0 Å². The van der Waals surface area contributed by atoms with Gasteiger partial charge in [0.15, 0.2) is 5.60 Å². The molecule has 252 valence electrons. The van der Waals surface area contributed by atoms with Gasteiger partial charge in [0, 0.05) is 62.9 Å². The summed E-state index contributed by atoms with van der Waals surface area (Å²) in [5.41, 5.74) is 8.93. The molecule has 2 heterocycles. The maximum absolute atomic E-state index is 13.6. The van der Waals surface area contributed by atoms with Crippen molar-refractivity contribution in [2.24, 2.45) is 0 Å². The minimum absolute atomic E-state index is 0.353. The summed E-state index contributed by atoms with van der Waals surface area (Å²) in [6.45, 7) is 4.41. The molecule has 0 fully saturated rings. The first-order valence-electron chi connectivity index (χ1n) is 17.7. The van der Waals surface area contributed by atoms with E-state index in [1.54, 1.807) is 0 Å². The van der Waals surface area contributed by atoms with Crippen LogP contribution < -0.4 is 14.5 Å². The van der Waals surface area contributed by atoms with Crippen LogP contribution in [0.25, 0.3) is 0 Å². The molecule has 0 bridgehead atoms. The zero-order valence-corrected chi connectivity index (χ0v) is 28.9. The average molecular weight is 677 g/mol. The Bertz CT molecular complexity index is 2370. The summed E-state index contributed by atoms with van der Waals surface area (Å²) in [6.07, 6.45) is 0. The number of rotatable bonds is 7. The van der Waals surface area contributed by atoms with Gasteiger partial charge in [-0.1, -0.05) is 98.8 Å². The first kappa shape index (κ1) is 31.4. The third-order valence-electron chi connectivity index (χ3n) is 10.1. The zero-order valence-electron chi connectivity index (χ0n) is 28.9. The molecular weight excluding hydrogens is 641 g/mol. The molecule has 2 aliphatic rings. The number of ether oxygens (including phenoxy) is 2. The van der Waals surface area contributed by atoms with Crippen LogP contribution in [0.5, 0.6) is 11.5 Å². The number of hydrogen-bond acceptors (Lipinski definition) is 5. The summed E-state index contributed by atoms with van der Waals surface area (Å²) in [4.78, 5) is 18.1. The summed E-state index contributed by atoms with van der Waals surface area (Å²) in [6, 6.07) is 59.7. The maximum atomic E-state index is 13.6. The Labute approximate surface area is 303 Å². The van der Waals surface area contributed by atoms with Crippen molar-refractivity contribution in [3.8, 4) is 11.5 Å². The number of carbonyl (C=O) groups is 1. The maximum Gasteiger partial charge on any atom is 0.340 e. The van der Waals surface area contributed by atoms with Crippen LogP contribution in [-0.4, -0.2) is 5.97 Å². The summed E-state index contributed by atoms with van der Waals surface area (Å²) in [7, 11) is 0. The zero-order chi connectivity index (χ0) is 35.2. The summed E-state index contributed by atoms with van der Waals surface area (Å²) >= 11 is 0. The number of para-hydroxylation sites is 3. The second-order valence-electron chi connectivity index (χ2n) is 13.5. The van der Waals surface area contributed by atoms with Crippen LogP contribution in [0.3, 0.4) is 0 Å². The Hall–Kier alpha value is -6.59. The fourth-order valence-corrected chi connectivity index (χ4v) is 7.57. The minimum atomic E-state index is -1.19. The average Bonchev–Trinajstić information content (AvgIpc) is 3.48. The Morgan fingerprint density at radius 2 is 0.885 bits per heavy atom. The Morgan fingerprint density at radius 1 is 0.462 bits per heavy atom. The molecule has 0 saturated heterocycles. The SMILES string of the molecule is CC(C)c1ccc(N(c2ccccc2)c2ccc3c(c2)Oc2cc(N(c4ccccc4)c4ccccc4)ccc2C32OC(=O)c3ccccc32)cc1. The Balaban J connectivity index is 1.24. The lowest BCUT2D eigenvalue weighted by Crippen LogP contribution is -2.33. The van der Waals surface area contributed by atoms with Gasteiger partial charge < -0.3 is 19.3 Å². The van der Waals surface area contributed by atoms with Gasteiger partial charge in [0.1, 0.15) is 11.5 Å². The van der Waals surface area contributed by atoms with E-state index in [0.29, 0.717) is 23.0 Å². The van der Waals surface area contributed by atoms with Gasteiger partial charge in [-0.2, -0.15) is 0 Å². The van der Waals surface area contributed by atoms with Gasteiger partial charge in [0.2, 0.25) is 0 Å². The van der Waals surface area contributed by atoms with Crippen LogP contribution in [-0.2, 0) is 10.3 Å². The van der Waals surface area contributed by atoms with Crippen molar-refractivity contribution < 1.29 is 14.3 Å². The van der Waals surface area contributed by atoms with Crippen LogP contribution in [0.15, 0.2) is 176 Å². The molecule has 0 aromatic heterocycles. The predicted molar refractivity (Wildman–Crippen MR) is 208 cm³/mol. The first-order valence-corrected chi connectivity index (χ1v) is 17.7. The van der Waals surface area contributed by atoms with Gasteiger partial charge in [-0.3, -0.25) is 0 Å². The predicted octanol–water partition coefficient (Wildman–Crippen LogP) is 12.3. The van der Waals surface area contributed by atoms with E-state index in [1.165, 1.54) is 5.56 Å².